The summed E-state index contributed by atoms with van der Waals surface area (Å²) in [6, 6.07) is 6.65. The van der Waals surface area contributed by atoms with Crippen LogP contribution in [-0.4, -0.2) is 20.0 Å². The highest BCUT2D eigenvalue weighted by atomic mass is 32.2. The lowest BCUT2D eigenvalue weighted by molar-refractivity contribution is 0.465. The van der Waals surface area contributed by atoms with Gasteiger partial charge < -0.3 is 4.42 Å². The van der Waals surface area contributed by atoms with Gasteiger partial charge in [-0.1, -0.05) is 30.0 Å². The van der Waals surface area contributed by atoms with Crippen LogP contribution in [0, 0.1) is 12.7 Å². The van der Waals surface area contributed by atoms with Crippen LogP contribution in [0.2, 0.25) is 0 Å². The Morgan fingerprint density at radius 1 is 1.29 bits per heavy atom. The minimum atomic E-state index is -0.229. The van der Waals surface area contributed by atoms with E-state index in [0.29, 0.717) is 22.4 Å². The first-order chi connectivity index (χ1) is 10.1. The maximum atomic E-state index is 13.5. The van der Waals surface area contributed by atoms with Crippen molar-refractivity contribution < 1.29 is 8.81 Å². The van der Waals surface area contributed by atoms with Crippen LogP contribution >= 0.6 is 11.8 Å². The molecule has 0 N–H and O–H groups in total. The van der Waals surface area contributed by atoms with Crippen molar-refractivity contribution in [3.05, 3.63) is 47.5 Å². The van der Waals surface area contributed by atoms with E-state index in [1.165, 1.54) is 17.8 Å². The van der Waals surface area contributed by atoms with Crippen LogP contribution in [0.3, 0.4) is 0 Å². The summed E-state index contributed by atoms with van der Waals surface area (Å²) in [6.45, 7) is 1.88. The van der Waals surface area contributed by atoms with Crippen molar-refractivity contribution >= 4 is 11.8 Å². The van der Waals surface area contributed by atoms with Gasteiger partial charge in [0.1, 0.15) is 5.82 Å². The normalized spacial score (nSPS) is 11.0. The highest BCUT2D eigenvalue weighted by molar-refractivity contribution is 7.98. The second-order valence-electron chi connectivity index (χ2n) is 4.56. The maximum Gasteiger partial charge on any atom is 0.277 e. The molecule has 0 amide bonds. The quantitative estimate of drug-likeness (QED) is 0.693. The predicted molar refractivity (Wildman–Crippen MR) is 77.2 cm³/mol. The number of halogens is 1. The molecule has 2 heterocycles. The molecule has 21 heavy (non-hydrogen) atoms. The molecule has 0 aliphatic heterocycles. The molecule has 3 rings (SSSR count). The van der Waals surface area contributed by atoms with Crippen LogP contribution in [0.25, 0.3) is 11.5 Å². The van der Waals surface area contributed by atoms with Crippen molar-refractivity contribution in [2.24, 2.45) is 7.05 Å². The third-order valence-corrected chi connectivity index (χ3v) is 3.83. The number of nitrogens with zero attached hydrogens (tertiary/aromatic N) is 4. The van der Waals surface area contributed by atoms with Crippen molar-refractivity contribution in [2.45, 2.75) is 17.9 Å². The van der Waals surface area contributed by atoms with Crippen LogP contribution in [0.1, 0.15) is 11.3 Å². The fourth-order valence-corrected chi connectivity index (χ4v) is 2.69. The Balaban J connectivity index is 1.74. The molecule has 3 aromatic rings. The summed E-state index contributed by atoms with van der Waals surface area (Å²) in [4.78, 5) is 0. The van der Waals surface area contributed by atoms with E-state index < -0.39 is 0 Å². The monoisotopic (exact) mass is 304 g/mol. The molecular formula is C14H13FN4OS. The number of benzene rings is 1. The number of hydrogen-bond acceptors (Lipinski definition) is 5. The fraction of sp³-hybridized carbons (Fsp3) is 0.214. The first-order valence-corrected chi connectivity index (χ1v) is 7.32. The molecule has 0 bridgehead atoms. The van der Waals surface area contributed by atoms with E-state index in [0.717, 1.165) is 11.3 Å². The first-order valence-electron chi connectivity index (χ1n) is 6.34. The molecule has 0 radical (unpaired) electrons. The van der Waals surface area contributed by atoms with Crippen LogP contribution in [0.5, 0.6) is 0 Å². The minimum Gasteiger partial charge on any atom is -0.411 e. The topological polar surface area (TPSA) is 56.7 Å². The van der Waals surface area contributed by atoms with Gasteiger partial charge in [0.2, 0.25) is 0 Å². The first kappa shape index (κ1) is 13.8. The van der Waals surface area contributed by atoms with Crippen LogP contribution in [0.4, 0.5) is 4.39 Å². The molecule has 0 fully saturated rings. The molecular weight excluding hydrogens is 291 g/mol. The molecule has 0 saturated carbocycles. The lowest BCUT2D eigenvalue weighted by Gasteiger charge is -1.99. The zero-order valence-electron chi connectivity index (χ0n) is 11.6. The summed E-state index contributed by atoms with van der Waals surface area (Å²) in [5, 5.41) is 12.6. The predicted octanol–water partition coefficient (Wildman–Crippen LogP) is 3.21. The van der Waals surface area contributed by atoms with E-state index >= 15 is 0 Å². The zero-order valence-corrected chi connectivity index (χ0v) is 12.4. The molecule has 5 nitrogen and oxygen atoms in total. The van der Waals surface area contributed by atoms with Crippen LogP contribution in [-0.2, 0) is 12.8 Å². The van der Waals surface area contributed by atoms with Gasteiger partial charge in [-0.15, -0.1) is 10.2 Å². The Kier molecular flexibility index (Phi) is 3.74. The van der Waals surface area contributed by atoms with Gasteiger partial charge in [0, 0.05) is 19.0 Å². The lowest BCUT2D eigenvalue weighted by Crippen LogP contribution is -1.86. The Morgan fingerprint density at radius 2 is 2.10 bits per heavy atom. The SMILES string of the molecule is Cc1nn(C)cc1-c1nnc(SCc2ccccc2F)o1. The average Bonchev–Trinajstić information content (AvgIpc) is 3.04. The van der Waals surface area contributed by atoms with Gasteiger partial charge in [-0.05, 0) is 18.6 Å². The number of thioether (sulfide) groups is 1. The fourth-order valence-electron chi connectivity index (χ4n) is 1.94. The summed E-state index contributed by atoms with van der Waals surface area (Å²) < 4.78 is 20.8. The average molecular weight is 304 g/mol. The van der Waals surface area contributed by atoms with Gasteiger partial charge in [0.15, 0.2) is 0 Å². The maximum absolute atomic E-state index is 13.5. The number of aryl methyl sites for hydroxylation is 2. The van der Waals surface area contributed by atoms with E-state index in [1.54, 1.807) is 22.9 Å². The van der Waals surface area contributed by atoms with E-state index in [2.05, 4.69) is 15.3 Å². The van der Waals surface area contributed by atoms with Gasteiger partial charge in [0.05, 0.1) is 11.3 Å². The standard InChI is InChI=1S/C14H13FN4OS/c1-9-11(7-19(2)18-9)13-16-17-14(20-13)21-8-10-5-3-4-6-12(10)15/h3-7H,8H2,1-2H3. The Labute approximate surface area is 125 Å². The number of hydrogen-bond donors (Lipinski definition) is 0. The van der Waals surface area contributed by atoms with Crippen molar-refractivity contribution in [2.75, 3.05) is 0 Å². The molecule has 0 saturated heterocycles. The smallest absolute Gasteiger partial charge is 0.277 e. The second-order valence-corrected chi connectivity index (χ2v) is 5.48. The van der Waals surface area contributed by atoms with Crippen LogP contribution in [0.15, 0.2) is 40.1 Å². The lowest BCUT2D eigenvalue weighted by atomic mass is 10.2. The summed E-state index contributed by atoms with van der Waals surface area (Å²) in [5.74, 6) is 0.643. The van der Waals surface area contributed by atoms with Crippen molar-refractivity contribution in [1.29, 1.82) is 0 Å². The third kappa shape index (κ3) is 2.97. The third-order valence-electron chi connectivity index (χ3n) is 2.96. The van der Waals surface area contributed by atoms with Crippen LogP contribution < -0.4 is 0 Å². The highest BCUT2D eigenvalue weighted by Crippen LogP contribution is 2.27. The van der Waals surface area contributed by atoms with E-state index in [-0.39, 0.29) is 5.82 Å². The Bertz CT molecular complexity index is 768. The van der Waals surface area contributed by atoms with E-state index in [4.69, 9.17) is 4.42 Å². The summed E-state index contributed by atoms with van der Waals surface area (Å²) in [6.07, 6.45) is 1.83. The molecule has 0 unspecified atom stereocenters. The molecule has 0 aliphatic carbocycles. The van der Waals surface area contributed by atoms with E-state index in [9.17, 15) is 4.39 Å². The molecule has 7 heteroatoms. The molecule has 1 aromatic carbocycles. The number of rotatable bonds is 4. The van der Waals surface area contributed by atoms with Gasteiger partial charge in [-0.3, -0.25) is 4.68 Å². The van der Waals surface area contributed by atoms with E-state index in [1.807, 2.05) is 20.2 Å². The zero-order chi connectivity index (χ0) is 14.8. The van der Waals surface area contributed by atoms with Crippen molar-refractivity contribution in [3.63, 3.8) is 0 Å². The van der Waals surface area contributed by atoms with Crippen molar-refractivity contribution in [3.8, 4) is 11.5 Å². The van der Waals surface area contributed by atoms with Gasteiger partial charge >= 0.3 is 0 Å². The van der Waals surface area contributed by atoms with Gasteiger partial charge in [0.25, 0.3) is 11.1 Å². The molecule has 0 aliphatic rings. The highest BCUT2D eigenvalue weighted by Gasteiger charge is 2.14. The summed E-state index contributed by atoms with van der Waals surface area (Å²) in [5.41, 5.74) is 2.24. The second kappa shape index (κ2) is 5.69. The minimum absolute atomic E-state index is 0.229. The van der Waals surface area contributed by atoms with Gasteiger partial charge in [-0.25, -0.2) is 4.39 Å². The van der Waals surface area contributed by atoms with Crippen molar-refractivity contribution in [1.82, 2.24) is 20.0 Å². The molecule has 0 spiro atoms. The van der Waals surface area contributed by atoms with Gasteiger partial charge in [-0.2, -0.15) is 5.10 Å². The molecule has 0 atom stereocenters. The molecule has 2 aromatic heterocycles. The summed E-state index contributed by atoms with van der Waals surface area (Å²) in [7, 11) is 1.83. The number of aromatic nitrogens is 4. The summed E-state index contributed by atoms with van der Waals surface area (Å²) >= 11 is 1.31. The largest absolute Gasteiger partial charge is 0.411 e. The molecule has 108 valence electrons. The Morgan fingerprint density at radius 3 is 2.81 bits per heavy atom. The Hall–Kier alpha value is -2.15.